The number of aromatic nitrogens is 1. The predicted octanol–water partition coefficient (Wildman–Crippen LogP) is 3.62. The minimum Gasteiger partial charge on any atom is -0.390 e. The van der Waals surface area contributed by atoms with Crippen molar-refractivity contribution in [2.24, 2.45) is 23.2 Å². The molecule has 1 aromatic rings. The summed E-state index contributed by atoms with van der Waals surface area (Å²) in [5.74, 6) is 2.69. The number of hydrogen-bond donors (Lipinski definition) is 1. The molecule has 0 spiro atoms. The highest BCUT2D eigenvalue weighted by Gasteiger charge is 2.57. The van der Waals surface area contributed by atoms with Gasteiger partial charge in [-0.2, -0.15) is 0 Å². The maximum Gasteiger partial charge on any atom is 0.0960 e. The third-order valence-corrected chi connectivity index (χ3v) is 6.88. The van der Waals surface area contributed by atoms with Crippen molar-refractivity contribution in [2.75, 3.05) is 12.4 Å². The molecule has 1 heterocycles. The van der Waals surface area contributed by atoms with E-state index in [1.165, 1.54) is 12.8 Å². The van der Waals surface area contributed by atoms with Gasteiger partial charge < -0.3 is 9.84 Å². The van der Waals surface area contributed by atoms with Gasteiger partial charge in [0.15, 0.2) is 0 Å². The summed E-state index contributed by atoms with van der Waals surface area (Å²) in [6.45, 7) is 7.55. The third kappa shape index (κ3) is 3.06. The zero-order valence-corrected chi connectivity index (χ0v) is 14.6. The highest BCUT2D eigenvalue weighted by Crippen LogP contribution is 2.60. The van der Waals surface area contributed by atoms with E-state index in [0.29, 0.717) is 35.7 Å². The van der Waals surface area contributed by atoms with Crippen molar-refractivity contribution >= 4 is 11.8 Å². The molecule has 122 valence electrons. The van der Waals surface area contributed by atoms with Gasteiger partial charge >= 0.3 is 0 Å². The van der Waals surface area contributed by atoms with Gasteiger partial charge in [-0.1, -0.05) is 26.8 Å². The molecule has 3 rings (SSSR count). The number of aliphatic hydroxyl groups excluding tert-OH is 1. The lowest BCUT2D eigenvalue weighted by molar-refractivity contribution is -0.0506. The van der Waals surface area contributed by atoms with Crippen LogP contribution in [0.25, 0.3) is 0 Å². The summed E-state index contributed by atoms with van der Waals surface area (Å²) >= 11 is 1.59. The molecule has 0 aromatic carbocycles. The van der Waals surface area contributed by atoms with E-state index in [9.17, 15) is 5.11 Å². The number of rotatable bonds is 6. The summed E-state index contributed by atoms with van der Waals surface area (Å²) in [6, 6.07) is 5.85. The summed E-state index contributed by atoms with van der Waals surface area (Å²) in [6.07, 6.45) is 4.30. The van der Waals surface area contributed by atoms with Crippen LogP contribution in [0.5, 0.6) is 0 Å². The lowest BCUT2D eigenvalue weighted by Crippen LogP contribution is -2.32. The molecule has 2 bridgehead atoms. The number of nitrogens with zero attached hydrogens (tertiary/aromatic N) is 1. The molecule has 2 fully saturated rings. The first-order valence-corrected chi connectivity index (χ1v) is 9.32. The van der Waals surface area contributed by atoms with Crippen LogP contribution in [0.4, 0.5) is 0 Å². The topological polar surface area (TPSA) is 42.4 Å². The van der Waals surface area contributed by atoms with Crippen molar-refractivity contribution in [1.82, 2.24) is 4.98 Å². The molecule has 0 radical (unpaired) electrons. The van der Waals surface area contributed by atoms with Crippen molar-refractivity contribution in [3.05, 3.63) is 24.4 Å². The largest absolute Gasteiger partial charge is 0.390 e. The zero-order chi connectivity index (χ0) is 15.7. The molecule has 0 amide bonds. The van der Waals surface area contributed by atoms with E-state index in [2.05, 4.69) is 25.8 Å². The molecular formula is C18H27NO2S. The highest BCUT2D eigenvalue weighted by molar-refractivity contribution is 7.99. The van der Waals surface area contributed by atoms with Gasteiger partial charge in [-0.15, -0.1) is 11.8 Å². The molecule has 2 saturated carbocycles. The smallest absolute Gasteiger partial charge is 0.0960 e. The quantitative estimate of drug-likeness (QED) is 0.813. The Morgan fingerprint density at radius 3 is 2.77 bits per heavy atom. The molecule has 3 nitrogen and oxygen atoms in total. The number of hydrogen-bond acceptors (Lipinski definition) is 4. The van der Waals surface area contributed by atoms with Crippen LogP contribution < -0.4 is 0 Å². The van der Waals surface area contributed by atoms with Crippen LogP contribution in [0.1, 0.15) is 33.6 Å². The lowest BCUT2D eigenvalue weighted by atomic mass is 9.80. The molecule has 0 aliphatic heterocycles. The number of fused-ring (bicyclic) bond motifs is 2. The van der Waals surface area contributed by atoms with Crippen LogP contribution in [0, 0.1) is 23.2 Å². The second kappa shape index (κ2) is 6.50. The molecule has 1 N–H and O–H groups in total. The minimum absolute atomic E-state index is 0.322. The predicted molar refractivity (Wildman–Crippen MR) is 89.9 cm³/mol. The van der Waals surface area contributed by atoms with Crippen molar-refractivity contribution in [1.29, 1.82) is 0 Å². The number of pyridine rings is 1. The standard InChI is InChI=1S/C18H27NO2S/c1-12-14-7-8-15(18(14,2)3)17(12)21-10-13(20)11-22-16-6-4-5-9-19-16/h4-6,9,12-15,17,20H,7-8,10-11H2,1-3H3/t12-,13-,14+,15-,17+/m0/s1. The summed E-state index contributed by atoms with van der Waals surface area (Å²) in [5.41, 5.74) is 0.401. The van der Waals surface area contributed by atoms with E-state index in [1.54, 1.807) is 18.0 Å². The Balaban J connectivity index is 1.47. The average molecular weight is 321 g/mol. The molecule has 0 saturated heterocycles. The molecule has 0 unspecified atom stereocenters. The summed E-state index contributed by atoms with van der Waals surface area (Å²) in [5, 5.41) is 11.1. The van der Waals surface area contributed by atoms with E-state index in [0.717, 1.165) is 10.9 Å². The normalized spacial score (nSPS) is 34.0. The van der Waals surface area contributed by atoms with Crippen LogP contribution in [0.15, 0.2) is 29.4 Å². The van der Waals surface area contributed by atoms with Gasteiger partial charge in [0.1, 0.15) is 0 Å². The van der Waals surface area contributed by atoms with E-state index < -0.39 is 6.10 Å². The molecule has 1 aromatic heterocycles. The Morgan fingerprint density at radius 1 is 1.36 bits per heavy atom. The number of thioether (sulfide) groups is 1. The fourth-order valence-corrected chi connectivity index (χ4v) is 5.42. The fourth-order valence-electron chi connectivity index (χ4n) is 4.65. The Kier molecular flexibility index (Phi) is 4.81. The van der Waals surface area contributed by atoms with Crippen LogP contribution in [-0.4, -0.2) is 34.7 Å². The molecular weight excluding hydrogens is 294 g/mol. The maximum absolute atomic E-state index is 10.2. The highest BCUT2D eigenvalue weighted by atomic mass is 32.2. The molecule has 2 aliphatic rings. The third-order valence-electron chi connectivity index (χ3n) is 5.79. The molecule has 4 heteroatoms. The van der Waals surface area contributed by atoms with E-state index in [-0.39, 0.29) is 0 Å². The number of ether oxygens (including phenoxy) is 1. The van der Waals surface area contributed by atoms with Gasteiger partial charge in [-0.3, -0.25) is 0 Å². The first-order chi connectivity index (χ1) is 10.5. The summed E-state index contributed by atoms with van der Waals surface area (Å²) in [4.78, 5) is 4.26. The molecule has 22 heavy (non-hydrogen) atoms. The Bertz CT molecular complexity index is 493. The van der Waals surface area contributed by atoms with Gasteiger partial charge in [-0.05, 0) is 48.1 Å². The van der Waals surface area contributed by atoms with Gasteiger partial charge in [0.05, 0.1) is 23.8 Å². The van der Waals surface area contributed by atoms with Crippen LogP contribution in [0.3, 0.4) is 0 Å². The average Bonchev–Trinajstić information content (AvgIpc) is 2.90. The van der Waals surface area contributed by atoms with Gasteiger partial charge in [0.2, 0.25) is 0 Å². The first-order valence-electron chi connectivity index (χ1n) is 8.33. The van der Waals surface area contributed by atoms with Crippen molar-refractivity contribution < 1.29 is 9.84 Å². The summed E-state index contributed by atoms with van der Waals surface area (Å²) in [7, 11) is 0. The van der Waals surface area contributed by atoms with Gasteiger partial charge in [-0.25, -0.2) is 4.98 Å². The monoisotopic (exact) mass is 321 g/mol. The number of aliphatic hydroxyl groups is 1. The van der Waals surface area contributed by atoms with Gasteiger partial charge in [0.25, 0.3) is 0 Å². The second-order valence-corrected chi connectivity index (χ2v) is 8.44. The molecule has 5 atom stereocenters. The van der Waals surface area contributed by atoms with E-state index in [1.807, 2.05) is 18.2 Å². The maximum atomic E-state index is 10.2. The van der Waals surface area contributed by atoms with Crippen molar-refractivity contribution in [3.8, 4) is 0 Å². The van der Waals surface area contributed by atoms with Gasteiger partial charge in [0, 0.05) is 11.9 Å². The lowest BCUT2D eigenvalue weighted by Gasteiger charge is -2.29. The Hall–Kier alpha value is -0.580. The van der Waals surface area contributed by atoms with E-state index >= 15 is 0 Å². The molecule has 2 aliphatic carbocycles. The van der Waals surface area contributed by atoms with E-state index in [4.69, 9.17) is 4.74 Å². The van der Waals surface area contributed by atoms with Crippen LogP contribution in [0.2, 0.25) is 0 Å². The zero-order valence-electron chi connectivity index (χ0n) is 13.7. The first kappa shape index (κ1) is 16.3. The minimum atomic E-state index is -0.429. The Labute approximate surface area is 137 Å². The fraction of sp³-hybridized carbons (Fsp3) is 0.722. The van der Waals surface area contributed by atoms with Crippen molar-refractivity contribution in [2.45, 2.75) is 50.8 Å². The van der Waals surface area contributed by atoms with Crippen molar-refractivity contribution in [3.63, 3.8) is 0 Å². The Morgan fingerprint density at radius 2 is 2.14 bits per heavy atom. The SMILES string of the molecule is C[C@@H]1[C@@H](OC[C@H](O)CSc2ccccn2)[C@@H]2CC[C@H]1C2(C)C. The summed E-state index contributed by atoms with van der Waals surface area (Å²) < 4.78 is 6.15. The van der Waals surface area contributed by atoms with Crippen LogP contribution >= 0.6 is 11.8 Å². The second-order valence-electron chi connectivity index (χ2n) is 7.40. The van der Waals surface area contributed by atoms with Crippen LogP contribution in [-0.2, 0) is 4.74 Å².